The van der Waals surface area contributed by atoms with E-state index >= 15 is 0 Å². The molecule has 30 heavy (non-hydrogen) atoms. The molecule has 0 heterocycles. The van der Waals surface area contributed by atoms with Gasteiger partial charge in [-0.05, 0) is 31.0 Å². The molecule has 0 spiro atoms. The van der Waals surface area contributed by atoms with E-state index in [1.54, 1.807) is 36.4 Å². The number of ketones is 1. The number of benzene rings is 2. The number of carbonyl (C=O) groups is 4. The van der Waals surface area contributed by atoms with Crippen LogP contribution in [0.1, 0.15) is 40.1 Å². The molecule has 3 N–H and O–H groups in total. The van der Waals surface area contributed by atoms with Gasteiger partial charge in [-0.2, -0.15) is 0 Å². The molecule has 0 bridgehead atoms. The molecule has 2 aromatic carbocycles. The first-order chi connectivity index (χ1) is 14.3. The molecular formula is C22H24N2O6. The zero-order chi connectivity index (χ0) is 22.1. The van der Waals surface area contributed by atoms with Gasteiger partial charge in [0, 0.05) is 19.0 Å². The van der Waals surface area contributed by atoms with Crippen LogP contribution in [-0.4, -0.2) is 42.8 Å². The highest BCUT2D eigenvalue weighted by Gasteiger charge is 2.20. The molecule has 0 radical (unpaired) electrons. The monoisotopic (exact) mass is 412 g/mol. The Hall–Kier alpha value is -3.68. The van der Waals surface area contributed by atoms with Crippen molar-refractivity contribution < 1.29 is 28.7 Å². The summed E-state index contributed by atoms with van der Waals surface area (Å²) in [5.41, 5.74) is 6.77. The molecule has 2 rings (SSSR count). The van der Waals surface area contributed by atoms with Crippen molar-refractivity contribution in [3.63, 3.8) is 0 Å². The highest BCUT2D eigenvalue weighted by Crippen LogP contribution is 2.17. The van der Waals surface area contributed by atoms with Crippen LogP contribution in [0.3, 0.4) is 0 Å². The fraction of sp³-hybridized carbons (Fsp3) is 0.273. The van der Waals surface area contributed by atoms with Crippen LogP contribution < -0.4 is 15.8 Å². The molecular weight excluding hydrogens is 388 g/mol. The lowest BCUT2D eigenvalue weighted by Gasteiger charge is -2.14. The van der Waals surface area contributed by atoms with Crippen molar-refractivity contribution in [2.24, 2.45) is 5.73 Å². The standard InChI is InChI=1S/C22H24N2O6/c1-14(21(27)17-9-7-16(8-10-17)11-12-24-15(2)25)30-20(26)13-29-19-6-4-3-5-18(19)22(23)28/h3-10,14H,11-13H2,1-2H3,(H2,23,28)(H,24,25)/t14-/m0/s1. The average Bonchev–Trinajstić information content (AvgIpc) is 2.72. The number of hydrogen-bond donors (Lipinski definition) is 2. The number of nitrogens with two attached hydrogens (primary N) is 1. The van der Waals surface area contributed by atoms with Crippen molar-refractivity contribution in [3.05, 3.63) is 65.2 Å². The van der Waals surface area contributed by atoms with E-state index in [4.69, 9.17) is 15.2 Å². The quantitative estimate of drug-likeness (QED) is 0.452. The van der Waals surface area contributed by atoms with Gasteiger partial charge in [0.2, 0.25) is 11.7 Å². The number of hydrogen-bond acceptors (Lipinski definition) is 6. The van der Waals surface area contributed by atoms with Gasteiger partial charge in [0.1, 0.15) is 5.75 Å². The van der Waals surface area contributed by atoms with Crippen molar-refractivity contribution in [2.45, 2.75) is 26.4 Å². The smallest absolute Gasteiger partial charge is 0.344 e. The predicted molar refractivity (Wildman–Crippen MR) is 109 cm³/mol. The molecule has 0 saturated carbocycles. The number of amides is 2. The van der Waals surface area contributed by atoms with Crippen molar-refractivity contribution in [2.75, 3.05) is 13.2 Å². The second-order valence-corrected chi connectivity index (χ2v) is 6.58. The number of carbonyl (C=O) groups excluding carboxylic acids is 4. The Morgan fingerprint density at radius 1 is 1.03 bits per heavy atom. The van der Waals surface area contributed by atoms with E-state index in [1.165, 1.54) is 26.0 Å². The summed E-state index contributed by atoms with van der Waals surface area (Å²) in [5.74, 6) is -1.71. The van der Waals surface area contributed by atoms with Crippen molar-refractivity contribution in [1.82, 2.24) is 5.32 Å². The van der Waals surface area contributed by atoms with Crippen LogP contribution in [0, 0.1) is 0 Å². The van der Waals surface area contributed by atoms with E-state index in [0.717, 1.165) is 5.56 Å². The van der Waals surface area contributed by atoms with Gasteiger partial charge < -0.3 is 20.5 Å². The minimum absolute atomic E-state index is 0.0977. The maximum atomic E-state index is 12.5. The zero-order valence-corrected chi connectivity index (χ0v) is 16.8. The van der Waals surface area contributed by atoms with Gasteiger partial charge in [-0.25, -0.2) is 4.79 Å². The van der Waals surface area contributed by atoms with E-state index in [-0.39, 0.29) is 23.0 Å². The Bertz CT molecular complexity index is 923. The minimum atomic E-state index is -1.00. The fourth-order valence-electron chi connectivity index (χ4n) is 2.67. The SMILES string of the molecule is CC(=O)NCCc1ccc(C(=O)[C@H](C)OC(=O)COc2ccccc2C(N)=O)cc1. The third-order valence-electron chi connectivity index (χ3n) is 4.20. The lowest BCUT2D eigenvalue weighted by molar-refractivity contribution is -0.148. The van der Waals surface area contributed by atoms with E-state index in [9.17, 15) is 19.2 Å². The second kappa shape index (κ2) is 10.8. The first kappa shape index (κ1) is 22.6. The minimum Gasteiger partial charge on any atom is -0.481 e. The summed E-state index contributed by atoms with van der Waals surface area (Å²) >= 11 is 0. The molecule has 0 aliphatic rings. The largest absolute Gasteiger partial charge is 0.481 e. The molecule has 1 atom stereocenters. The van der Waals surface area contributed by atoms with Crippen LogP contribution in [-0.2, 0) is 20.7 Å². The lowest BCUT2D eigenvalue weighted by atomic mass is 10.0. The number of Topliss-reactive ketones (excluding diaryl/α,β-unsaturated/α-hetero) is 1. The summed E-state index contributed by atoms with van der Waals surface area (Å²) in [4.78, 5) is 46.7. The third-order valence-corrected chi connectivity index (χ3v) is 4.20. The number of para-hydroxylation sites is 1. The van der Waals surface area contributed by atoms with Crippen molar-refractivity contribution >= 4 is 23.6 Å². The topological polar surface area (TPSA) is 125 Å². The summed E-state index contributed by atoms with van der Waals surface area (Å²) in [6.45, 7) is 2.97. The van der Waals surface area contributed by atoms with Crippen LogP contribution in [0.15, 0.2) is 48.5 Å². The molecule has 0 fully saturated rings. The van der Waals surface area contributed by atoms with Gasteiger partial charge >= 0.3 is 5.97 Å². The van der Waals surface area contributed by atoms with Crippen molar-refractivity contribution in [1.29, 1.82) is 0 Å². The van der Waals surface area contributed by atoms with Crippen LogP contribution in [0.4, 0.5) is 0 Å². The number of rotatable bonds is 10. The van der Waals surface area contributed by atoms with E-state index in [0.29, 0.717) is 18.5 Å². The number of primary amides is 1. The third kappa shape index (κ3) is 6.73. The highest BCUT2D eigenvalue weighted by molar-refractivity contribution is 6.00. The normalized spacial score (nSPS) is 11.3. The van der Waals surface area contributed by atoms with E-state index in [2.05, 4.69) is 5.32 Å². The number of esters is 1. The summed E-state index contributed by atoms with van der Waals surface area (Å²) in [6.07, 6.45) is -0.361. The Labute approximate surface area is 174 Å². The maximum Gasteiger partial charge on any atom is 0.344 e. The Morgan fingerprint density at radius 2 is 1.70 bits per heavy atom. The highest BCUT2D eigenvalue weighted by atomic mass is 16.6. The molecule has 8 heteroatoms. The van der Waals surface area contributed by atoms with Gasteiger partial charge in [0.15, 0.2) is 12.7 Å². The van der Waals surface area contributed by atoms with Crippen LogP contribution in [0.5, 0.6) is 5.75 Å². The van der Waals surface area contributed by atoms with Crippen LogP contribution in [0.25, 0.3) is 0 Å². The summed E-state index contributed by atoms with van der Waals surface area (Å²) in [6, 6.07) is 13.1. The molecule has 2 aromatic rings. The van der Waals surface area contributed by atoms with Gasteiger partial charge in [0.05, 0.1) is 5.56 Å². The predicted octanol–water partition coefficient (Wildman–Crippen LogP) is 1.66. The molecule has 0 saturated heterocycles. The van der Waals surface area contributed by atoms with Gasteiger partial charge in [-0.15, -0.1) is 0 Å². The van der Waals surface area contributed by atoms with Crippen LogP contribution >= 0.6 is 0 Å². The molecule has 0 unspecified atom stereocenters. The molecule has 0 aliphatic heterocycles. The molecule has 0 aromatic heterocycles. The Morgan fingerprint density at radius 3 is 2.33 bits per heavy atom. The number of nitrogens with one attached hydrogen (secondary N) is 1. The summed E-state index contributed by atoms with van der Waals surface area (Å²) < 4.78 is 10.4. The average molecular weight is 412 g/mol. The maximum absolute atomic E-state index is 12.5. The number of ether oxygens (including phenoxy) is 2. The van der Waals surface area contributed by atoms with Gasteiger partial charge in [-0.3, -0.25) is 14.4 Å². The first-order valence-electron chi connectivity index (χ1n) is 9.36. The Balaban J connectivity index is 1.87. The molecule has 2 amide bonds. The molecule has 8 nitrogen and oxygen atoms in total. The summed E-state index contributed by atoms with van der Waals surface area (Å²) in [7, 11) is 0. The van der Waals surface area contributed by atoms with Crippen molar-refractivity contribution in [3.8, 4) is 5.75 Å². The van der Waals surface area contributed by atoms with Gasteiger partial charge in [-0.1, -0.05) is 36.4 Å². The first-order valence-corrected chi connectivity index (χ1v) is 9.36. The summed E-state index contributed by atoms with van der Waals surface area (Å²) in [5, 5.41) is 2.70. The van der Waals surface area contributed by atoms with E-state index in [1.807, 2.05) is 0 Å². The fourth-order valence-corrected chi connectivity index (χ4v) is 2.67. The lowest BCUT2D eigenvalue weighted by Crippen LogP contribution is -2.27. The van der Waals surface area contributed by atoms with Crippen LogP contribution in [0.2, 0.25) is 0 Å². The molecule has 0 aliphatic carbocycles. The molecule has 158 valence electrons. The Kier molecular flexibility index (Phi) is 8.10. The second-order valence-electron chi connectivity index (χ2n) is 6.58. The van der Waals surface area contributed by atoms with E-state index < -0.39 is 24.6 Å². The van der Waals surface area contributed by atoms with Gasteiger partial charge in [0.25, 0.3) is 5.91 Å². The zero-order valence-electron chi connectivity index (χ0n) is 16.8.